The Morgan fingerprint density at radius 2 is 1.95 bits per heavy atom. The molecule has 9 heteroatoms. The molecule has 2 aliphatic rings. The summed E-state index contributed by atoms with van der Waals surface area (Å²) in [4.78, 5) is 17.0. The van der Waals surface area contributed by atoms with Gasteiger partial charge >= 0.3 is 0 Å². The summed E-state index contributed by atoms with van der Waals surface area (Å²) < 4.78 is 18.0. The van der Waals surface area contributed by atoms with E-state index in [1.165, 1.54) is 12.8 Å². The molecule has 2 unspecified atom stereocenters. The van der Waals surface area contributed by atoms with Crippen molar-refractivity contribution in [2.75, 3.05) is 11.9 Å². The Morgan fingerprint density at radius 1 is 1.13 bits per heavy atom. The second kappa shape index (κ2) is 12.2. The number of anilines is 1. The molecule has 3 N–H and O–H groups in total. The van der Waals surface area contributed by atoms with E-state index in [2.05, 4.69) is 38.1 Å². The van der Waals surface area contributed by atoms with Crippen LogP contribution >= 0.6 is 0 Å². The van der Waals surface area contributed by atoms with Gasteiger partial charge in [-0.3, -0.25) is 9.78 Å². The third-order valence-corrected chi connectivity index (χ3v) is 8.54. The third-order valence-electron chi connectivity index (χ3n) is 8.54. The molecular weight excluding hydrogens is 493 g/mol. The van der Waals surface area contributed by atoms with Gasteiger partial charge in [-0.1, -0.05) is 38.7 Å². The first-order chi connectivity index (χ1) is 19.0. The Kier molecular flexibility index (Phi) is 8.55. The van der Waals surface area contributed by atoms with Crippen LogP contribution in [-0.4, -0.2) is 43.9 Å². The number of benzene rings is 1. The number of hydrogen-bond acceptors (Lipinski definition) is 6. The van der Waals surface area contributed by atoms with Crippen LogP contribution in [0.4, 0.5) is 10.1 Å². The number of carbonyl (C=O) groups is 1. The van der Waals surface area contributed by atoms with Crippen molar-refractivity contribution in [1.82, 2.24) is 30.4 Å². The monoisotopic (exact) mass is 533 g/mol. The first-order valence-corrected chi connectivity index (χ1v) is 14.3. The van der Waals surface area contributed by atoms with Crippen LogP contribution in [0.2, 0.25) is 0 Å². The van der Waals surface area contributed by atoms with Gasteiger partial charge in [-0.05, 0) is 67.6 Å². The van der Waals surface area contributed by atoms with Gasteiger partial charge < -0.3 is 20.5 Å². The topological polar surface area (TPSA) is 96.8 Å². The zero-order valence-corrected chi connectivity index (χ0v) is 23.0. The summed E-state index contributed by atoms with van der Waals surface area (Å²) in [5.74, 6) is 1.08. The summed E-state index contributed by atoms with van der Waals surface area (Å²) in [5, 5.41) is 18.8. The number of nitrogens with zero attached hydrogens (tertiary/aromatic N) is 4. The van der Waals surface area contributed by atoms with Gasteiger partial charge in [-0.25, -0.2) is 4.39 Å². The Balaban J connectivity index is 1.22. The Hall–Kier alpha value is -3.33. The van der Waals surface area contributed by atoms with Crippen molar-refractivity contribution in [2.24, 2.45) is 7.05 Å². The highest BCUT2D eigenvalue weighted by Crippen LogP contribution is 2.41. The van der Waals surface area contributed by atoms with E-state index in [0.29, 0.717) is 18.7 Å². The van der Waals surface area contributed by atoms with Gasteiger partial charge in [0.05, 0.1) is 18.0 Å². The average molecular weight is 534 g/mol. The molecular formula is C30H40FN7O. The van der Waals surface area contributed by atoms with E-state index in [1.807, 2.05) is 42.1 Å². The zero-order valence-electron chi connectivity index (χ0n) is 23.0. The lowest BCUT2D eigenvalue weighted by Gasteiger charge is -2.44. The van der Waals surface area contributed by atoms with Crippen LogP contribution in [-0.2, 0) is 26.6 Å². The van der Waals surface area contributed by atoms with Crippen molar-refractivity contribution in [2.45, 2.75) is 89.0 Å². The van der Waals surface area contributed by atoms with Crippen molar-refractivity contribution in [3.05, 3.63) is 71.1 Å². The maximum Gasteiger partial charge on any atom is 0.251 e. The van der Waals surface area contributed by atoms with Crippen LogP contribution in [0.5, 0.6) is 0 Å². The summed E-state index contributed by atoms with van der Waals surface area (Å²) in [6.07, 6.45) is 10.5. The molecule has 1 aliphatic heterocycles. The van der Waals surface area contributed by atoms with E-state index < -0.39 is 11.7 Å². The number of nitrogens with one attached hydrogen (secondary N) is 3. The van der Waals surface area contributed by atoms with Gasteiger partial charge in [0.1, 0.15) is 12.0 Å². The summed E-state index contributed by atoms with van der Waals surface area (Å²) in [6, 6.07) is 9.36. The molecule has 3 aromatic rings. The number of aromatic nitrogens is 4. The normalized spacial score (nSPS) is 20.9. The fourth-order valence-corrected chi connectivity index (χ4v) is 6.21. The largest absolute Gasteiger partial charge is 0.378 e. The molecule has 1 spiro atoms. The molecule has 1 saturated heterocycles. The Morgan fingerprint density at radius 3 is 2.74 bits per heavy atom. The molecule has 2 atom stereocenters. The summed E-state index contributed by atoms with van der Waals surface area (Å²) in [5.41, 5.74) is 3.16. The van der Waals surface area contributed by atoms with Crippen LogP contribution in [0.1, 0.15) is 90.9 Å². The maximum atomic E-state index is 16.0. The highest BCUT2D eigenvalue weighted by molar-refractivity contribution is 5.95. The van der Waals surface area contributed by atoms with E-state index in [-0.39, 0.29) is 11.8 Å². The average Bonchev–Trinajstić information content (AvgIpc) is 3.16. The molecule has 2 fully saturated rings. The Labute approximate surface area is 230 Å². The van der Waals surface area contributed by atoms with Crippen molar-refractivity contribution >= 4 is 11.6 Å². The number of aryl methyl sites for hydroxylation is 1. The minimum absolute atomic E-state index is 0.134. The van der Waals surface area contributed by atoms with Crippen molar-refractivity contribution in [3.8, 4) is 0 Å². The maximum absolute atomic E-state index is 16.0. The number of alkyl halides is 1. The highest BCUT2D eigenvalue weighted by Gasteiger charge is 2.47. The molecule has 1 amide bonds. The molecule has 8 nitrogen and oxygen atoms in total. The number of carbonyl (C=O) groups excluding carboxylic acids is 1. The second-order valence-corrected chi connectivity index (χ2v) is 10.9. The van der Waals surface area contributed by atoms with E-state index >= 15 is 4.39 Å². The molecule has 39 heavy (non-hydrogen) atoms. The summed E-state index contributed by atoms with van der Waals surface area (Å²) in [7, 11) is 1.92. The smallest absolute Gasteiger partial charge is 0.251 e. The van der Waals surface area contributed by atoms with Gasteiger partial charge in [0, 0.05) is 37.2 Å². The number of piperidine rings is 1. The molecule has 1 saturated carbocycles. The predicted molar refractivity (Wildman–Crippen MR) is 150 cm³/mol. The molecule has 2 aromatic heterocycles. The number of pyridine rings is 1. The number of amides is 1. The molecule has 208 valence electrons. The lowest BCUT2D eigenvalue weighted by Crippen LogP contribution is -2.58. The summed E-state index contributed by atoms with van der Waals surface area (Å²) in [6.45, 7) is 3.77. The van der Waals surface area contributed by atoms with E-state index in [4.69, 9.17) is 0 Å². The molecule has 3 heterocycles. The van der Waals surface area contributed by atoms with Crippen molar-refractivity contribution in [3.63, 3.8) is 0 Å². The standard InChI is InChI=1S/C30H40FN7O/c1-3-21-18-32-15-11-23(21)19-34-29(39)22-9-8-10-24(17-22)33-20-26-36-37-28(38(26)2)25-12-16-35-30(27(25)31)13-6-4-5-7-14-30/h8-11,15,17-18,25,27,33,35H,3-7,12-14,16,19-20H2,1-2H3,(H,34,39). The molecule has 1 aromatic carbocycles. The van der Waals surface area contributed by atoms with Crippen LogP contribution in [0.15, 0.2) is 42.7 Å². The highest BCUT2D eigenvalue weighted by atomic mass is 19.1. The van der Waals surface area contributed by atoms with E-state index in [9.17, 15) is 4.79 Å². The van der Waals surface area contributed by atoms with Gasteiger partial charge in [0.2, 0.25) is 0 Å². The molecule has 1 aliphatic carbocycles. The number of rotatable bonds is 8. The third kappa shape index (κ3) is 5.98. The lowest BCUT2D eigenvalue weighted by molar-refractivity contribution is 0.0683. The zero-order chi connectivity index (χ0) is 27.2. The number of halogens is 1. The van der Waals surface area contributed by atoms with Gasteiger partial charge in [0.25, 0.3) is 5.91 Å². The lowest BCUT2D eigenvalue weighted by atomic mass is 9.75. The molecule has 5 rings (SSSR count). The second-order valence-electron chi connectivity index (χ2n) is 10.9. The minimum atomic E-state index is -0.969. The quantitative estimate of drug-likeness (QED) is 0.384. The van der Waals surface area contributed by atoms with Crippen LogP contribution in [0, 0.1) is 0 Å². The van der Waals surface area contributed by atoms with Crippen LogP contribution < -0.4 is 16.0 Å². The SMILES string of the molecule is CCc1cnccc1CNC(=O)c1cccc(NCc2nnc(C3CCNC4(CCCCCC4)C3F)n2C)c1. The van der Waals surface area contributed by atoms with Crippen molar-refractivity contribution in [1.29, 1.82) is 0 Å². The molecule has 0 bridgehead atoms. The fraction of sp³-hybridized carbons (Fsp3) is 0.533. The first kappa shape index (κ1) is 27.2. The van der Waals surface area contributed by atoms with Crippen LogP contribution in [0.25, 0.3) is 0 Å². The van der Waals surface area contributed by atoms with Gasteiger partial charge in [-0.2, -0.15) is 0 Å². The van der Waals surface area contributed by atoms with Gasteiger partial charge in [0.15, 0.2) is 5.82 Å². The minimum Gasteiger partial charge on any atom is -0.378 e. The fourth-order valence-electron chi connectivity index (χ4n) is 6.21. The Bertz CT molecular complexity index is 1270. The van der Waals surface area contributed by atoms with Crippen molar-refractivity contribution < 1.29 is 9.18 Å². The summed E-state index contributed by atoms with van der Waals surface area (Å²) >= 11 is 0. The predicted octanol–water partition coefficient (Wildman–Crippen LogP) is 4.82. The van der Waals surface area contributed by atoms with Crippen LogP contribution in [0.3, 0.4) is 0 Å². The first-order valence-electron chi connectivity index (χ1n) is 14.3. The molecule has 0 radical (unpaired) electrons. The van der Waals surface area contributed by atoms with E-state index in [1.54, 1.807) is 12.3 Å². The van der Waals surface area contributed by atoms with Gasteiger partial charge in [-0.15, -0.1) is 10.2 Å². The van der Waals surface area contributed by atoms with E-state index in [0.717, 1.165) is 73.5 Å². The number of hydrogen-bond donors (Lipinski definition) is 3.